The van der Waals surface area contributed by atoms with Gasteiger partial charge in [0.1, 0.15) is 30.2 Å². The fraction of sp³-hybridized carbons (Fsp3) is 0.233. The number of nitrogens with two attached hydrogens (primary N) is 2. The Kier molecular flexibility index (Phi) is 9.23. The Bertz CT molecular complexity index is 2180. The summed E-state index contributed by atoms with van der Waals surface area (Å²) in [5.41, 5.74) is 14.3. The molecule has 5 aromatic rings. The first-order valence-corrected chi connectivity index (χ1v) is 15.1. The SMILES string of the molecule is Cc1nn(C2=CC=CCN2)c(N)c1N=Nc1c(C(=O)OCCOC(=O)c2cnn(C)c2N=Nc2c(C)nn(-c3ccccn3)c2N)cnn1C. The van der Waals surface area contributed by atoms with Crippen molar-refractivity contribution in [2.45, 2.75) is 13.8 Å². The van der Waals surface area contributed by atoms with Crippen LogP contribution in [0.25, 0.3) is 11.6 Å². The third-order valence-electron chi connectivity index (χ3n) is 7.31. The largest absolute Gasteiger partial charge is 0.458 e. The van der Waals surface area contributed by atoms with E-state index in [4.69, 9.17) is 20.9 Å². The number of rotatable bonds is 11. The monoisotopic (exact) mass is 680 g/mol. The summed E-state index contributed by atoms with van der Waals surface area (Å²) in [4.78, 5) is 30.1. The van der Waals surface area contributed by atoms with Crippen molar-refractivity contribution in [2.24, 2.45) is 34.6 Å². The van der Waals surface area contributed by atoms with E-state index in [0.717, 1.165) is 0 Å². The maximum absolute atomic E-state index is 12.9. The van der Waals surface area contributed by atoms with E-state index in [-0.39, 0.29) is 47.6 Å². The second-order valence-electron chi connectivity index (χ2n) is 10.7. The highest BCUT2D eigenvalue weighted by Gasteiger charge is 2.22. The van der Waals surface area contributed by atoms with Gasteiger partial charge in [-0.3, -0.25) is 0 Å². The molecule has 5 aromatic heterocycles. The second kappa shape index (κ2) is 14.0. The number of aromatic nitrogens is 9. The molecule has 0 aromatic carbocycles. The maximum Gasteiger partial charge on any atom is 0.343 e. The molecule has 0 fully saturated rings. The maximum atomic E-state index is 12.9. The average Bonchev–Trinajstić information content (AvgIpc) is 3.84. The van der Waals surface area contributed by atoms with E-state index in [1.165, 1.54) is 31.1 Å². The molecule has 6 rings (SSSR count). The number of nitrogen functional groups attached to an aromatic ring is 2. The van der Waals surface area contributed by atoms with Gasteiger partial charge in [0.25, 0.3) is 0 Å². The average molecular weight is 681 g/mol. The van der Waals surface area contributed by atoms with Crippen molar-refractivity contribution >= 4 is 52.4 Å². The molecule has 1 aliphatic rings. The number of esters is 2. The van der Waals surface area contributed by atoms with Crippen LogP contribution in [-0.2, 0) is 23.6 Å². The van der Waals surface area contributed by atoms with E-state index in [0.29, 0.717) is 40.9 Å². The summed E-state index contributed by atoms with van der Waals surface area (Å²) in [5.74, 6) is 0.428. The molecule has 50 heavy (non-hydrogen) atoms. The molecule has 256 valence electrons. The highest BCUT2D eigenvalue weighted by molar-refractivity contribution is 5.94. The van der Waals surface area contributed by atoms with Crippen molar-refractivity contribution < 1.29 is 19.1 Å². The summed E-state index contributed by atoms with van der Waals surface area (Å²) in [6, 6.07) is 5.33. The molecule has 6 heterocycles. The normalized spacial score (nSPS) is 12.8. The van der Waals surface area contributed by atoms with E-state index < -0.39 is 11.9 Å². The first-order valence-electron chi connectivity index (χ1n) is 15.1. The van der Waals surface area contributed by atoms with Crippen molar-refractivity contribution in [3.8, 4) is 5.82 Å². The zero-order valence-corrected chi connectivity index (χ0v) is 27.4. The number of hydrogen-bond acceptors (Lipinski definition) is 16. The summed E-state index contributed by atoms with van der Waals surface area (Å²) >= 11 is 0. The number of allylic oxidation sites excluding steroid dienone is 2. The fourth-order valence-electron chi connectivity index (χ4n) is 4.76. The number of dihydropyridines is 1. The topological polar surface area (TPSA) is 250 Å². The molecule has 20 heteroatoms. The van der Waals surface area contributed by atoms with Gasteiger partial charge in [-0.05, 0) is 32.1 Å². The van der Waals surface area contributed by atoms with Crippen LogP contribution in [0.3, 0.4) is 0 Å². The van der Waals surface area contributed by atoms with Gasteiger partial charge in [0.15, 0.2) is 40.5 Å². The van der Waals surface area contributed by atoms with Crippen LogP contribution in [0.5, 0.6) is 0 Å². The molecule has 0 atom stereocenters. The lowest BCUT2D eigenvalue weighted by molar-refractivity contribution is 0.0266. The smallest absolute Gasteiger partial charge is 0.343 e. The van der Waals surface area contributed by atoms with Crippen molar-refractivity contribution in [2.75, 3.05) is 31.2 Å². The third-order valence-corrected chi connectivity index (χ3v) is 7.31. The first kappa shape index (κ1) is 32.9. The van der Waals surface area contributed by atoms with Crippen LogP contribution >= 0.6 is 0 Å². The number of hydrogen-bond donors (Lipinski definition) is 3. The Morgan fingerprint density at radius 1 is 0.840 bits per heavy atom. The summed E-state index contributed by atoms with van der Waals surface area (Å²) in [6.07, 6.45) is 9.89. The number of nitrogens with one attached hydrogen (secondary N) is 1. The third kappa shape index (κ3) is 6.56. The molecule has 0 bridgehead atoms. The lowest BCUT2D eigenvalue weighted by atomic mass is 10.3. The number of nitrogens with zero attached hydrogens (tertiary/aromatic N) is 13. The summed E-state index contributed by atoms with van der Waals surface area (Å²) in [6.45, 7) is 3.58. The van der Waals surface area contributed by atoms with E-state index in [1.807, 2.05) is 18.2 Å². The van der Waals surface area contributed by atoms with E-state index >= 15 is 0 Å². The van der Waals surface area contributed by atoms with Gasteiger partial charge in [0.05, 0.1) is 23.8 Å². The molecule has 0 saturated carbocycles. The Balaban J connectivity index is 1.07. The van der Waals surface area contributed by atoms with E-state index in [9.17, 15) is 9.59 Å². The van der Waals surface area contributed by atoms with Gasteiger partial charge in [0.2, 0.25) is 0 Å². The molecule has 5 N–H and O–H groups in total. The number of carbonyl (C=O) groups excluding carboxylic acids is 2. The zero-order chi connectivity index (χ0) is 35.4. The Morgan fingerprint density at radius 2 is 1.40 bits per heavy atom. The van der Waals surface area contributed by atoms with E-state index in [1.54, 1.807) is 52.3 Å². The van der Waals surface area contributed by atoms with Crippen LogP contribution < -0.4 is 16.8 Å². The lowest BCUT2D eigenvalue weighted by Gasteiger charge is -2.12. The predicted molar refractivity (Wildman–Crippen MR) is 179 cm³/mol. The molecule has 1 aliphatic heterocycles. The van der Waals surface area contributed by atoms with Gasteiger partial charge in [-0.25, -0.2) is 23.9 Å². The van der Waals surface area contributed by atoms with Gasteiger partial charge in [-0.15, -0.1) is 20.5 Å². The van der Waals surface area contributed by atoms with Crippen LogP contribution in [0.1, 0.15) is 32.1 Å². The number of anilines is 2. The quantitative estimate of drug-likeness (QED) is 0.103. The van der Waals surface area contributed by atoms with Crippen LogP contribution in [0, 0.1) is 13.8 Å². The summed E-state index contributed by atoms with van der Waals surface area (Å²) in [7, 11) is 3.19. The molecule has 0 unspecified atom stereocenters. The Morgan fingerprint density at radius 3 is 1.92 bits per heavy atom. The van der Waals surface area contributed by atoms with Crippen LogP contribution in [0.4, 0.5) is 34.6 Å². The Labute approximate surface area is 283 Å². The van der Waals surface area contributed by atoms with Gasteiger partial charge in [0, 0.05) is 26.8 Å². The number of ether oxygens (including phenoxy) is 2. The molecule has 0 spiro atoms. The highest BCUT2D eigenvalue weighted by atomic mass is 16.6. The van der Waals surface area contributed by atoms with Gasteiger partial charge in [-0.2, -0.15) is 29.8 Å². The minimum absolute atomic E-state index is 0.0378. The Hall–Kier alpha value is -6.99. The number of aryl methyl sites for hydroxylation is 4. The standard InChI is InChI=1S/C30H32N16O4/c1-17-23(25(31)45(41-17)21-9-5-7-11-33-21)37-39-27-19(15-35-43(27)3)29(47)49-13-14-50-30(48)20-16-36-44(4)28(20)40-38-24-18(2)42-46(26(24)32)22-10-6-8-12-34-22/h5-11,15-16,34H,12-14,31-32H2,1-4H3. The fourth-order valence-corrected chi connectivity index (χ4v) is 4.76. The summed E-state index contributed by atoms with van der Waals surface area (Å²) < 4.78 is 16.4. The highest BCUT2D eigenvalue weighted by Crippen LogP contribution is 2.32. The molecule has 0 amide bonds. The molecular weight excluding hydrogens is 648 g/mol. The molecule has 0 aliphatic carbocycles. The van der Waals surface area contributed by atoms with Crippen LogP contribution in [0.15, 0.2) is 75.5 Å². The molecule has 0 radical (unpaired) electrons. The number of carbonyl (C=O) groups is 2. The van der Waals surface area contributed by atoms with Crippen molar-refractivity contribution in [3.05, 3.63) is 77.5 Å². The number of pyridine rings is 1. The van der Waals surface area contributed by atoms with Crippen LogP contribution in [-0.4, -0.2) is 75.8 Å². The van der Waals surface area contributed by atoms with Gasteiger partial charge in [-0.1, -0.05) is 18.2 Å². The van der Waals surface area contributed by atoms with Gasteiger partial charge >= 0.3 is 11.9 Å². The molecular formula is C30H32N16O4. The minimum atomic E-state index is -0.753. The van der Waals surface area contributed by atoms with Gasteiger partial charge < -0.3 is 26.3 Å². The van der Waals surface area contributed by atoms with Crippen LogP contribution in [0.2, 0.25) is 0 Å². The second-order valence-corrected chi connectivity index (χ2v) is 10.7. The lowest BCUT2D eigenvalue weighted by Crippen LogP contribution is -2.21. The zero-order valence-electron chi connectivity index (χ0n) is 27.4. The van der Waals surface area contributed by atoms with Crippen molar-refractivity contribution in [1.82, 2.24) is 49.4 Å². The number of azo groups is 2. The molecule has 0 saturated heterocycles. The summed E-state index contributed by atoms with van der Waals surface area (Å²) in [5, 5.41) is 37.1. The van der Waals surface area contributed by atoms with E-state index in [2.05, 4.69) is 51.2 Å². The first-order chi connectivity index (χ1) is 24.1. The van der Waals surface area contributed by atoms with Crippen molar-refractivity contribution in [3.63, 3.8) is 0 Å². The molecule has 20 nitrogen and oxygen atoms in total. The predicted octanol–water partition coefficient (Wildman–Crippen LogP) is 3.51. The van der Waals surface area contributed by atoms with Crippen molar-refractivity contribution in [1.29, 1.82) is 0 Å². The minimum Gasteiger partial charge on any atom is -0.458 e.